The third-order valence-corrected chi connectivity index (χ3v) is 6.60. The molecule has 3 rings (SSSR count). The van der Waals surface area contributed by atoms with E-state index in [2.05, 4.69) is 28.6 Å². The molecule has 0 bridgehead atoms. The van der Waals surface area contributed by atoms with Gasteiger partial charge < -0.3 is 4.74 Å². The van der Waals surface area contributed by atoms with Crippen molar-refractivity contribution in [3.8, 4) is 0 Å². The lowest BCUT2D eigenvalue weighted by Crippen LogP contribution is -2.64. The van der Waals surface area contributed by atoms with Gasteiger partial charge in [-0.1, -0.05) is 19.9 Å². The largest absolute Gasteiger partial charge is 0.381 e. The molecule has 3 heterocycles. The van der Waals surface area contributed by atoms with Crippen molar-refractivity contribution in [2.24, 2.45) is 0 Å². The van der Waals surface area contributed by atoms with Crippen molar-refractivity contribution in [3.05, 3.63) is 24.4 Å². The lowest BCUT2D eigenvalue weighted by Gasteiger charge is -2.51. The molecule has 0 N–H and O–H groups in total. The van der Waals surface area contributed by atoms with Crippen molar-refractivity contribution in [1.82, 2.24) is 14.8 Å². The van der Waals surface area contributed by atoms with Crippen LogP contribution < -0.4 is 4.90 Å². The van der Waals surface area contributed by atoms with Crippen LogP contribution in [0, 0.1) is 0 Å². The molecule has 28 heavy (non-hydrogen) atoms. The summed E-state index contributed by atoms with van der Waals surface area (Å²) in [6, 6.07) is 6.44. The second-order valence-corrected chi connectivity index (χ2v) is 8.14. The van der Waals surface area contributed by atoms with Crippen LogP contribution in [-0.2, 0) is 9.53 Å². The first-order chi connectivity index (χ1) is 13.6. The van der Waals surface area contributed by atoms with E-state index in [0.717, 1.165) is 58.1 Å². The predicted octanol–water partition coefficient (Wildman–Crippen LogP) is 2.79. The van der Waals surface area contributed by atoms with Crippen molar-refractivity contribution >= 4 is 11.7 Å². The summed E-state index contributed by atoms with van der Waals surface area (Å²) in [6.07, 6.45) is 5.39. The first kappa shape index (κ1) is 21.2. The Labute approximate surface area is 169 Å². The molecule has 2 aliphatic rings. The smallest absolute Gasteiger partial charge is 0.227 e. The number of ether oxygens (including phenoxy) is 1. The number of pyridine rings is 1. The molecular formula is C22H36N4O2. The number of piperazine rings is 1. The van der Waals surface area contributed by atoms with Gasteiger partial charge in [-0.05, 0) is 38.3 Å². The number of carbonyl (C=O) groups excluding carboxylic acids is 1. The molecule has 0 aliphatic carbocycles. The summed E-state index contributed by atoms with van der Waals surface area (Å²) in [7, 11) is 0. The average Bonchev–Trinajstić information content (AvgIpc) is 2.77. The second-order valence-electron chi connectivity index (χ2n) is 8.14. The normalized spacial score (nSPS) is 22.0. The van der Waals surface area contributed by atoms with Crippen LogP contribution in [-0.4, -0.2) is 78.2 Å². The SMILES string of the molecule is CCC(=O)N(CC1(N2CCN(C(C)CC)CC2)CCOCC1)c1ccccn1. The maximum Gasteiger partial charge on any atom is 0.227 e. The maximum absolute atomic E-state index is 12.8. The molecule has 1 aromatic rings. The van der Waals surface area contributed by atoms with E-state index in [1.54, 1.807) is 6.20 Å². The minimum atomic E-state index is -0.0257. The van der Waals surface area contributed by atoms with E-state index < -0.39 is 0 Å². The number of nitrogens with zero attached hydrogens (tertiary/aromatic N) is 4. The predicted molar refractivity (Wildman–Crippen MR) is 113 cm³/mol. The van der Waals surface area contributed by atoms with Crippen LogP contribution in [0.15, 0.2) is 24.4 Å². The highest BCUT2D eigenvalue weighted by atomic mass is 16.5. The van der Waals surface area contributed by atoms with Gasteiger partial charge in [-0.3, -0.25) is 19.5 Å². The highest BCUT2D eigenvalue weighted by Crippen LogP contribution is 2.32. The molecule has 1 aromatic heterocycles. The van der Waals surface area contributed by atoms with Gasteiger partial charge in [-0.2, -0.15) is 0 Å². The van der Waals surface area contributed by atoms with Crippen molar-refractivity contribution in [2.45, 2.75) is 58.0 Å². The Hall–Kier alpha value is -1.50. The Morgan fingerprint density at radius 2 is 1.93 bits per heavy atom. The van der Waals surface area contributed by atoms with Crippen molar-refractivity contribution in [2.75, 3.05) is 50.8 Å². The molecule has 0 saturated carbocycles. The lowest BCUT2D eigenvalue weighted by atomic mass is 9.86. The number of carbonyl (C=O) groups is 1. The number of aromatic nitrogens is 1. The summed E-state index contributed by atoms with van der Waals surface area (Å²) >= 11 is 0. The zero-order valence-electron chi connectivity index (χ0n) is 17.8. The number of rotatable bonds is 7. The van der Waals surface area contributed by atoms with E-state index in [1.165, 1.54) is 6.42 Å². The van der Waals surface area contributed by atoms with Crippen LogP contribution in [0.1, 0.15) is 46.5 Å². The Morgan fingerprint density at radius 1 is 1.21 bits per heavy atom. The van der Waals surface area contributed by atoms with Crippen LogP contribution in [0.2, 0.25) is 0 Å². The minimum Gasteiger partial charge on any atom is -0.381 e. The first-order valence-corrected chi connectivity index (χ1v) is 10.9. The quantitative estimate of drug-likeness (QED) is 0.719. The molecule has 6 nitrogen and oxygen atoms in total. The van der Waals surface area contributed by atoms with Gasteiger partial charge in [0.15, 0.2) is 0 Å². The summed E-state index contributed by atoms with van der Waals surface area (Å²) < 4.78 is 5.71. The van der Waals surface area contributed by atoms with Gasteiger partial charge >= 0.3 is 0 Å². The fourth-order valence-electron chi connectivity index (χ4n) is 4.52. The molecule has 0 aromatic carbocycles. The summed E-state index contributed by atoms with van der Waals surface area (Å²) in [5.41, 5.74) is -0.0257. The molecule has 2 fully saturated rings. The monoisotopic (exact) mass is 388 g/mol. The third kappa shape index (κ3) is 4.73. The van der Waals surface area contributed by atoms with Crippen molar-refractivity contribution in [1.29, 1.82) is 0 Å². The van der Waals surface area contributed by atoms with E-state index in [4.69, 9.17) is 4.74 Å². The second kappa shape index (κ2) is 9.81. The minimum absolute atomic E-state index is 0.0257. The fraction of sp³-hybridized carbons (Fsp3) is 0.727. The summed E-state index contributed by atoms with van der Waals surface area (Å²) in [5, 5.41) is 0. The van der Waals surface area contributed by atoms with Gasteiger partial charge in [0.05, 0.1) is 0 Å². The standard InChI is InChI=1S/C22H36N4O2/c1-4-19(3)24-12-14-25(15-13-24)22(9-16-28-17-10-22)18-26(21(27)5-2)20-8-6-7-11-23-20/h6-8,11,19H,4-5,9-10,12-18H2,1-3H3. The molecule has 156 valence electrons. The first-order valence-electron chi connectivity index (χ1n) is 10.9. The Morgan fingerprint density at radius 3 is 2.50 bits per heavy atom. The highest BCUT2D eigenvalue weighted by Gasteiger charge is 2.42. The number of amides is 1. The molecule has 1 unspecified atom stereocenters. The summed E-state index contributed by atoms with van der Waals surface area (Å²) in [5.74, 6) is 0.904. The van der Waals surface area contributed by atoms with Crippen molar-refractivity contribution < 1.29 is 9.53 Å². The maximum atomic E-state index is 12.8. The number of hydrogen-bond donors (Lipinski definition) is 0. The van der Waals surface area contributed by atoms with Crippen LogP contribution in [0.3, 0.4) is 0 Å². The van der Waals surface area contributed by atoms with E-state index in [0.29, 0.717) is 19.0 Å². The molecule has 6 heteroatoms. The molecule has 0 radical (unpaired) electrons. The van der Waals surface area contributed by atoms with Gasteiger partial charge in [0.25, 0.3) is 0 Å². The highest BCUT2D eigenvalue weighted by molar-refractivity contribution is 5.92. The van der Waals surface area contributed by atoms with E-state index >= 15 is 0 Å². The summed E-state index contributed by atoms with van der Waals surface area (Å²) in [6.45, 7) is 13.1. The van der Waals surface area contributed by atoms with Crippen LogP contribution in [0.25, 0.3) is 0 Å². The molecule has 1 atom stereocenters. The average molecular weight is 389 g/mol. The van der Waals surface area contributed by atoms with E-state index in [1.807, 2.05) is 30.0 Å². The zero-order chi connectivity index (χ0) is 20.0. The van der Waals surface area contributed by atoms with Gasteiger partial charge in [-0.25, -0.2) is 4.98 Å². The van der Waals surface area contributed by atoms with Gasteiger partial charge in [-0.15, -0.1) is 0 Å². The molecule has 1 amide bonds. The molecule has 2 aliphatic heterocycles. The zero-order valence-corrected chi connectivity index (χ0v) is 17.8. The van der Waals surface area contributed by atoms with Crippen LogP contribution in [0.4, 0.5) is 5.82 Å². The molecular weight excluding hydrogens is 352 g/mol. The lowest BCUT2D eigenvalue weighted by molar-refractivity contribution is -0.119. The topological polar surface area (TPSA) is 48.9 Å². The number of hydrogen-bond acceptors (Lipinski definition) is 5. The Bertz CT molecular complexity index is 610. The van der Waals surface area contributed by atoms with E-state index in [9.17, 15) is 4.79 Å². The van der Waals surface area contributed by atoms with Gasteiger partial charge in [0.1, 0.15) is 5.82 Å². The van der Waals surface area contributed by atoms with E-state index in [-0.39, 0.29) is 11.4 Å². The number of anilines is 1. The van der Waals surface area contributed by atoms with Crippen LogP contribution in [0.5, 0.6) is 0 Å². The van der Waals surface area contributed by atoms with Gasteiger partial charge in [0, 0.05) is 70.1 Å². The Kier molecular flexibility index (Phi) is 7.43. The fourth-order valence-corrected chi connectivity index (χ4v) is 4.52. The van der Waals surface area contributed by atoms with Gasteiger partial charge in [0.2, 0.25) is 5.91 Å². The Balaban J connectivity index is 1.80. The summed E-state index contributed by atoms with van der Waals surface area (Å²) in [4.78, 5) is 24.4. The molecule has 0 spiro atoms. The van der Waals surface area contributed by atoms with Crippen molar-refractivity contribution in [3.63, 3.8) is 0 Å². The third-order valence-electron chi connectivity index (χ3n) is 6.60. The molecule has 2 saturated heterocycles. The van der Waals surface area contributed by atoms with Crippen LogP contribution >= 0.6 is 0 Å².